The molecule has 0 aliphatic heterocycles. The lowest BCUT2D eigenvalue weighted by atomic mass is 10.0. The minimum absolute atomic E-state index is 0.110. The van der Waals surface area contributed by atoms with E-state index in [0.29, 0.717) is 23.6 Å². The van der Waals surface area contributed by atoms with Crippen LogP contribution < -0.4 is 14.8 Å². The molecule has 1 N–H and O–H groups in total. The molecule has 2 aromatic carbocycles. The Bertz CT molecular complexity index is 881. The molecule has 7 nitrogen and oxygen atoms in total. The van der Waals surface area contributed by atoms with Crippen molar-refractivity contribution in [2.75, 3.05) is 20.3 Å². The van der Waals surface area contributed by atoms with Gasteiger partial charge in [0.1, 0.15) is 0 Å². The van der Waals surface area contributed by atoms with Crippen molar-refractivity contribution in [2.24, 2.45) is 0 Å². The molecule has 1 amide bonds. The van der Waals surface area contributed by atoms with Gasteiger partial charge < -0.3 is 19.5 Å². The van der Waals surface area contributed by atoms with Crippen LogP contribution in [0.3, 0.4) is 0 Å². The number of esters is 1. The number of benzene rings is 2. The Morgan fingerprint density at radius 1 is 1.00 bits per heavy atom. The largest absolute Gasteiger partial charge is 0.493 e. The summed E-state index contributed by atoms with van der Waals surface area (Å²) < 4.78 is 15.7. The molecule has 0 bridgehead atoms. The molecule has 0 aliphatic rings. The number of carbonyl (C=O) groups is 3. The second kappa shape index (κ2) is 11.0. The van der Waals surface area contributed by atoms with Crippen molar-refractivity contribution >= 4 is 17.7 Å². The molecular weight excluding hydrogens is 386 g/mol. The van der Waals surface area contributed by atoms with Crippen molar-refractivity contribution < 1.29 is 28.6 Å². The maximum atomic E-state index is 12.2. The topological polar surface area (TPSA) is 90.9 Å². The second-order valence-corrected chi connectivity index (χ2v) is 6.90. The summed E-state index contributed by atoms with van der Waals surface area (Å²) in [6.45, 7) is 4.99. The van der Waals surface area contributed by atoms with E-state index in [0.717, 1.165) is 5.56 Å². The van der Waals surface area contributed by atoms with Gasteiger partial charge in [0.2, 0.25) is 0 Å². The lowest BCUT2D eigenvalue weighted by Gasteiger charge is -2.17. The number of ether oxygens (including phenoxy) is 3. The van der Waals surface area contributed by atoms with Crippen LogP contribution in [0.25, 0.3) is 0 Å². The number of ketones is 1. The zero-order chi connectivity index (χ0) is 22.1. The van der Waals surface area contributed by atoms with Gasteiger partial charge in [-0.15, -0.1) is 0 Å². The lowest BCUT2D eigenvalue weighted by Crippen LogP contribution is -2.38. The highest BCUT2D eigenvalue weighted by Crippen LogP contribution is 2.28. The molecule has 0 saturated heterocycles. The third kappa shape index (κ3) is 6.62. The molecule has 160 valence electrons. The second-order valence-electron chi connectivity index (χ2n) is 6.90. The Morgan fingerprint density at radius 3 is 2.33 bits per heavy atom. The van der Waals surface area contributed by atoms with E-state index >= 15 is 0 Å². The summed E-state index contributed by atoms with van der Waals surface area (Å²) in [5.74, 6) is -0.419. The van der Waals surface area contributed by atoms with E-state index in [-0.39, 0.29) is 17.6 Å². The van der Waals surface area contributed by atoms with Crippen LogP contribution in [0.15, 0.2) is 48.5 Å². The molecule has 2 aromatic rings. The number of nitrogens with one attached hydrogen (secondary N) is 1. The van der Waals surface area contributed by atoms with Gasteiger partial charge in [0.05, 0.1) is 7.11 Å². The van der Waals surface area contributed by atoms with Gasteiger partial charge >= 0.3 is 5.97 Å². The third-order valence-electron chi connectivity index (χ3n) is 4.54. The standard InChI is InChI=1S/C23H27NO6/c1-15(18-8-6-5-7-9-18)13-24-23(27)17(3)30-22(26)14-29-20-11-10-19(16(2)25)12-21(20)28-4/h5-12,15,17H,13-14H2,1-4H3,(H,24,27)/t15-,17-/m0/s1. The number of hydrogen-bond acceptors (Lipinski definition) is 6. The Morgan fingerprint density at radius 2 is 1.70 bits per heavy atom. The Labute approximate surface area is 176 Å². The number of carbonyl (C=O) groups excluding carboxylic acids is 3. The van der Waals surface area contributed by atoms with Gasteiger partial charge in [-0.1, -0.05) is 37.3 Å². The maximum Gasteiger partial charge on any atom is 0.344 e. The smallest absolute Gasteiger partial charge is 0.344 e. The first kappa shape index (κ1) is 22.9. The van der Waals surface area contributed by atoms with Gasteiger partial charge in [-0.2, -0.15) is 0 Å². The summed E-state index contributed by atoms with van der Waals surface area (Å²) in [6.07, 6.45) is -0.953. The molecule has 2 atom stereocenters. The SMILES string of the molecule is COc1cc(C(C)=O)ccc1OCC(=O)O[C@@H](C)C(=O)NC[C@H](C)c1ccccc1. The zero-order valence-electron chi connectivity index (χ0n) is 17.6. The van der Waals surface area contributed by atoms with Crippen LogP contribution in [0.5, 0.6) is 11.5 Å². The summed E-state index contributed by atoms with van der Waals surface area (Å²) >= 11 is 0. The minimum atomic E-state index is -0.953. The molecule has 0 fully saturated rings. The van der Waals surface area contributed by atoms with Gasteiger partial charge in [-0.3, -0.25) is 9.59 Å². The van der Waals surface area contributed by atoms with Gasteiger partial charge in [-0.05, 0) is 43.5 Å². The number of methoxy groups -OCH3 is 1. The predicted molar refractivity (Wildman–Crippen MR) is 112 cm³/mol. The molecule has 0 heterocycles. The van der Waals surface area contributed by atoms with Gasteiger partial charge in [0.15, 0.2) is 30.0 Å². The zero-order valence-corrected chi connectivity index (χ0v) is 17.6. The van der Waals surface area contributed by atoms with E-state index in [1.54, 1.807) is 12.1 Å². The van der Waals surface area contributed by atoms with E-state index < -0.39 is 18.7 Å². The molecule has 0 saturated carbocycles. The fraction of sp³-hybridized carbons (Fsp3) is 0.348. The molecule has 2 rings (SSSR count). The van der Waals surface area contributed by atoms with Crippen LogP contribution in [0, 0.1) is 0 Å². The molecule has 30 heavy (non-hydrogen) atoms. The highest BCUT2D eigenvalue weighted by molar-refractivity contribution is 5.94. The van der Waals surface area contributed by atoms with Crippen LogP contribution in [-0.4, -0.2) is 44.0 Å². The summed E-state index contributed by atoms with van der Waals surface area (Å²) in [4.78, 5) is 35.7. The van der Waals surface area contributed by atoms with E-state index in [9.17, 15) is 14.4 Å². The van der Waals surface area contributed by atoms with Crippen molar-refractivity contribution in [3.8, 4) is 11.5 Å². The number of Topliss-reactive ketones (excluding diaryl/α,β-unsaturated/α-hetero) is 1. The van der Waals surface area contributed by atoms with E-state index in [2.05, 4.69) is 5.32 Å². The Balaban J connectivity index is 1.81. The van der Waals surface area contributed by atoms with Crippen LogP contribution >= 0.6 is 0 Å². The van der Waals surface area contributed by atoms with Crippen molar-refractivity contribution in [1.82, 2.24) is 5.32 Å². The van der Waals surface area contributed by atoms with Crippen molar-refractivity contribution in [3.05, 3.63) is 59.7 Å². The summed E-state index contributed by atoms with van der Waals surface area (Å²) in [5.41, 5.74) is 1.58. The quantitative estimate of drug-likeness (QED) is 0.475. The van der Waals surface area contributed by atoms with E-state index in [1.807, 2.05) is 37.3 Å². The monoisotopic (exact) mass is 413 g/mol. The van der Waals surface area contributed by atoms with Crippen LogP contribution in [0.2, 0.25) is 0 Å². The summed E-state index contributed by atoms with van der Waals surface area (Å²) in [7, 11) is 1.44. The number of hydrogen-bond donors (Lipinski definition) is 1. The molecule has 0 spiro atoms. The average Bonchev–Trinajstić information content (AvgIpc) is 2.75. The fourth-order valence-electron chi connectivity index (χ4n) is 2.72. The number of rotatable bonds is 10. The highest BCUT2D eigenvalue weighted by atomic mass is 16.6. The van der Waals surface area contributed by atoms with Gasteiger partial charge in [0.25, 0.3) is 5.91 Å². The molecular formula is C23H27NO6. The number of amides is 1. The summed E-state index contributed by atoms with van der Waals surface area (Å²) in [6, 6.07) is 14.5. The van der Waals surface area contributed by atoms with Crippen LogP contribution in [0.1, 0.15) is 42.6 Å². The van der Waals surface area contributed by atoms with Gasteiger partial charge in [0, 0.05) is 12.1 Å². The first-order valence-corrected chi connectivity index (χ1v) is 9.65. The summed E-state index contributed by atoms with van der Waals surface area (Å²) in [5, 5.41) is 2.79. The Kier molecular flexibility index (Phi) is 8.41. The predicted octanol–water partition coefficient (Wildman–Crippen LogP) is 3.13. The molecule has 0 aliphatic carbocycles. The molecule has 7 heteroatoms. The van der Waals surface area contributed by atoms with Crippen molar-refractivity contribution in [3.63, 3.8) is 0 Å². The average molecular weight is 413 g/mol. The molecule has 0 radical (unpaired) electrons. The first-order chi connectivity index (χ1) is 14.3. The lowest BCUT2D eigenvalue weighted by molar-refractivity contribution is -0.156. The Hall–Kier alpha value is -3.35. The van der Waals surface area contributed by atoms with Crippen LogP contribution in [0.4, 0.5) is 0 Å². The van der Waals surface area contributed by atoms with Gasteiger partial charge in [-0.25, -0.2) is 4.79 Å². The van der Waals surface area contributed by atoms with Crippen molar-refractivity contribution in [2.45, 2.75) is 32.8 Å². The maximum absolute atomic E-state index is 12.2. The highest BCUT2D eigenvalue weighted by Gasteiger charge is 2.19. The minimum Gasteiger partial charge on any atom is -0.493 e. The third-order valence-corrected chi connectivity index (χ3v) is 4.54. The normalized spacial score (nSPS) is 12.4. The van der Waals surface area contributed by atoms with E-state index in [1.165, 1.54) is 27.0 Å². The van der Waals surface area contributed by atoms with Crippen molar-refractivity contribution in [1.29, 1.82) is 0 Å². The van der Waals surface area contributed by atoms with Crippen LogP contribution in [-0.2, 0) is 14.3 Å². The molecule has 0 unspecified atom stereocenters. The van der Waals surface area contributed by atoms with E-state index in [4.69, 9.17) is 14.2 Å². The fourth-order valence-corrected chi connectivity index (χ4v) is 2.72. The first-order valence-electron chi connectivity index (χ1n) is 9.65. The molecule has 0 aromatic heterocycles.